The van der Waals surface area contributed by atoms with Crippen molar-refractivity contribution in [2.24, 2.45) is 0 Å². The van der Waals surface area contributed by atoms with E-state index in [0.29, 0.717) is 5.56 Å². The largest absolute Gasteiger partial charge is 0.374 e. The minimum Gasteiger partial charge on any atom is -0.374 e. The third-order valence-corrected chi connectivity index (χ3v) is 2.82. The summed E-state index contributed by atoms with van der Waals surface area (Å²) in [6, 6.07) is 7.22. The summed E-state index contributed by atoms with van der Waals surface area (Å²) >= 11 is 0. The molecule has 0 spiro atoms. The maximum atomic E-state index is 11.7. The summed E-state index contributed by atoms with van der Waals surface area (Å²) in [5, 5.41) is 0. The first-order chi connectivity index (χ1) is 7.65. The van der Waals surface area contributed by atoms with Gasteiger partial charge in [0.05, 0.1) is 0 Å². The van der Waals surface area contributed by atoms with Gasteiger partial charge in [0, 0.05) is 36.5 Å². The van der Waals surface area contributed by atoms with Gasteiger partial charge in [-0.3, -0.25) is 9.59 Å². The number of fused-ring (bicyclic) bond motifs is 1. The molecule has 0 saturated heterocycles. The van der Waals surface area contributed by atoms with Crippen LogP contribution in [0.25, 0.3) is 5.70 Å². The molecule has 0 N–H and O–H groups in total. The van der Waals surface area contributed by atoms with Gasteiger partial charge in [0.25, 0.3) is 0 Å². The van der Waals surface area contributed by atoms with Crippen molar-refractivity contribution in [1.82, 2.24) is 4.90 Å². The molecule has 3 nitrogen and oxygen atoms in total. The Bertz CT molecular complexity index is 488. The van der Waals surface area contributed by atoms with Crippen molar-refractivity contribution in [1.29, 1.82) is 0 Å². The number of carbonyl (C=O) groups is 2. The van der Waals surface area contributed by atoms with Crippen LogP contribution in [0.2, 0.25) is 0 Å². The quantitative estimate of drug-likeness (QED) is 0.705. The van der Waals surface area contributed by atoms with Crippen molar-refractivity contribution < 1.29 is 9.59 Å². The van der Waals surface area contributed by atoms with Gasteiger partial charge in [-0.2, -0.15) is 0 Å². The van der Waals surface area contributed by atoms with Gasteiger partial charge < -0.3 is 4.90 Å². The Morgan fingerprint density at radius 3 is 2.38 bits per heavy atom. The van der Waals surface area contributed by atoms with Gasteiger partial charge in [0.1, 0.15) is 0 Å². The van der Waals surface area contributed by atoms with Gasteiger partial charge in [0.2, 0.25) is 11.6 Å². The Kier molecular flexibility index (Phi) is 2.60. The van der Waals surface area contributed by atoms with Crippen LogP contribution in [0, 0.1) is 0 Å². The van der Waals surface area contributed by atoms with Crippen molar-refractivity contribution in [3.05, 3.63) is 41.5 Å². The normalized spacial score (nSPS) is 14.5. The van der Waals surface area contributed by atoms with Gasteiger partial charge in [0.15, 0.2) is 0 Å². The Morgan fingerprint density at radius 1 is 1.12 bits per heavy atom. The lowest BCUT2D eigenvalue weighted by Crippen LogP contribution is -2.25. The fraction of sp³-hybridized carbons (Fsp3) is 0.231. The van der Waals surface area contributed by atoms with Crippen LogP contribution in [-0.4, -0.2) is 30.1 Å². The van der Waals surface area contributed by atoms with Crippen LogP contribution in [0.3, 0.4) is 0 Å². The summed E-state index contributed by atoms with van der Waals surface area (Å²) in [6.07, 6.45) is 1.42. The molecule has 1 aromatic carbocycles. The molecule has 0 aliphatic heterocycles. The molecule has 0 radical (unpaired) electrons. The summed E-state index contributed by atoms with van der Waals surface area (Å²) in [4.78, 5) is 25.2. The van der Waals surface area contributed by atoms with E-state index in [4.69, 9.17) is 0 Å². The van der Waals surface area contributed by atoms with E-state index < -0.39 is 11.6 Å². The summed E-state index contributed by atoms with van der Waals surface area (Å²) < 4.78 is 0. The zero-order valence-electron chi connectivity index (χ0n) is 9.36. The second-order valence-electron chi connectivity index (χ2n) is 3.78. The predicted octanol–water partition coefficient (Wildman–Crippen LogP) is 1.74. The van der Waals surface area contributed by atoms with Crippen molar-refractivity contribution in [2.45, 2.75) is 6.92 Å². The predicted molar refractivity (Wildman–Crippen MR) is 62.1 cm³/mol. The lowest BCUT2D eigenvalue weighted by Gasteiger charge is -2.24. The lowest BCUT2D eigenvalue weighted by molar-refractivity contribution is -0.111. The monoisotopic (exact) mass is 215 g/mol. The molecule has 3 heteroatoms. The maximum absolute atomic E-state index is 11.7. The fourth-order valence-corrected chi connectivity index (χ4v) is 1.79. The molecule has 0 saturated carbocycles. The first kappa shape index (κ1) is 10.6. The third-order valence-electron chi connectivity index (χ3n) is 2.82. The minimum atomic E-state index is -0.436. The number of ketones is 2. The smallest absolute Gasteiger partial charge is 0.233 e. The average molecular weight is 215 g/mol. The molecule has 16 heavy (non-hydrogen) atoms. The zero-order valence-corrected chi connectivity index (χ0v) is 9.36. The highest BCUT2D eigenvalue weighted by atomic mass is 16.2. The van der Waals surface area contributed by atoms with Crippen LogP contribution < -0.4 is 0 Å². The SMILES string of the molecule is CCN(C)C1=CC(=O)C(=O)c2ccccc21. The lowest BCUT2D eigenvalue weighted by atomic mass is 9.92. The number of nitrogens with zero attached hydrogens (tertiary/aromatic N) is 1. The van der Waals surface area contributed by atoms with E-state index in [1.54, 1.807) is 12.1 Å². The molecule has 0 atom stereocenters. The van der Waals surface area contributed by atoms with Crippen LogP contribution in [0.1, 0.15) is 22.8 Å². The van der Waals surface area contributed by atoms with Crippen molar-refractivity contribution in [3.63, 3.8) is 0 Å². The molecule has 2 rings (SSSR count). The third kappa shape index (κ3) is 1.54. The van der Waals surface area contributed by atoms with E-state index in [1.165, 1.54) is 6.08 Å². The number of hydrogen-bond donors (Lipinski definition) is 0. The second-order valence-corrected chi connectivity index (χ2v) is 3.78. The van der Waals surface area contributed by atoms with Gasteiger partial charge in [-0.25, -0.2) is 0 Å². The molecule has 1 aromatic rings. The molecular weight excluding hydrogens is 202 g/mol. The Hall–Kier alpha value is -1.90. The van der Waals surface area contributed by atoms with Gasteiger partial charge in [-0.05, 0) is 6.92 Å². The molecule has 0 amide bonds. The first-order valence-electron chi connectivity index (χ1n) is 5.26. The highest BCUT2D eigenvalue weighted by Crippen LogP contribution is 2.26. The molecule has 1 aliphatic rings. The number of Topliss-reactive ketones (excluding diaryl/α,β-unsaturated/α-hetero) is 1. The van der Waals surface area contributed by atoms with Gasteiger partial charge in [-0.15, -0.1) is 0 Å². The van der Waals surface area contributed by atoms with E-state index in [2.05, 4.69) is 0 Å². The van der Waals surface area contributed by atoms with E-state index in [-0.39, 0.29) is 0 Å². The molecular formula is C13H13NO2. The van der Waals surface area contributed by atoms with Crippen molar-refractivity contribution in [3.8, 4) is 0 Å². The number of allylic oxidation sites excluding steroid dienone is 1. The molecule has 82 valence electrons. The van der Waals surface area contributed by atoms with Crippen LogP contribution >= 0.6 is 0 Å². The van der Waals surface area contributed by atoms with E-state index in [9.17, 15) is 9.59 Å². The maximum Gasteiger partial charge on any atom is 0.233 e. The second kappa shape index (κ2) is 3.93. The Labute approximate surface area is 94.4 Å². The van der Waals surface area contributed by atoms with Crippen LogP contribution in [-0.2, 0) is 4.79 Å². The Balaban J connectivity index is 2.59. The first-order valence-corrected chi connectivity index (χ1v) is 5.26. The summed E-state index contributed by atoms with van der Waals surface area (Å²) in [6.45, 7) is 2.80. The summed E-state index contributed by atoms with van der Waals surface area (Å²) in [5.41, 5.74) is 2.17. The van der Waals surface area contributed by atoms with E-state index >= 15 is 0 Å². The van der Waals surface area contributed by atoms with Crippen LogP contribution in [0.15, 0.2) is 30.3 Å². The summed E-state index contributed by atoms with van der Waals surface area (Å²) in [7, 11) is 1.91. The number of rotatable bonds is 2. The topological polar surface area (TPSA) is 37.4 Å². The molecule has 1 aliphatic carbocycles. The zero-order chi connectivity index (χ0) is 11.7. The number of hydrogen-bond acceptors (Lipinski definition) is 3. The fourth-order valence-electron chi connectivity index (χ4n) is 1.79. The van der Waals surface area contributed by atoms with E-state index in [1.807, 2.05) is 31.0 Å². The molecule has 0 fully saturated rings. The molecule has 0 aromatic heterocycles. The summed E-state index contributed by atoms with van der Waals surface area (Å²) in [5.74, 6) is -0.849. The van der Waals surface area contributed by atoms with Gasteiger partial charge in [-0.1, -0.05) is 24.3 Å². The minimum absolute atomic E-state index is 0.413. The van der Waals surface area contributed by atoms with Crippen LogP contribution in [0.4, 0.5) is 0 Å². The van der Waals surface area contributed by atoms with Gasteiger partial charge >= 0.3 is 0 Å². The molecule has 0 bridgehead atoms. The van der Waals surface area contributed by atoms with Crippen molar-refractivity contribution in [2.75, 3.05) is 13.6 Å². The van der Waals surface area contributed by atoms with Crippen molar-refractivity contribution >= 4 is 17.3 Å². The standard InChI is InChI=1S/C13H13NO2/c1-3-14(2)11-8-12(15)13(16)10-7-5-4-6-9(10)11/h4-8H,3H2,1-2H3. The Morgan fingerprint density at radius 2 is 1.75 bits per heavy atom. The molecule has 0 unspecified atom stereocenters. The number of carbonyl (C=O) groups excluding carboxylic acids is 2. The number of benzene rings is 1. The molecule has 0 heterocycles. The van der Waals surface area contributed by atoms with E-state index in [0.717, 1.165) is 17.8 Å². The average Bonchev–Trinajstić information content (AvgIpc) is 2.33. The highest BCUT2D eigenvalue weighted by Gasteiger charge is 2.26. The highest BCUT2D eigenvalue weighted by molar-refractivity contribution is 6.50. The van der Waals surface area contributed by atoms with Crippen LogP contribution in [0.5, 0.6) is 0 Å².